The molecule has 0 aromatic rings. The van der Waals surface area contributed by atoms with Gasteiger partial charge in [-0.3, -0.25) is 0 Å². The summed E-state index contributed by atoms with van der Waals surface area (Å²) in [7, 11) is 1.46. The maximum absolute atomic E-state index is 9.51. The van der Waals surface area contributed by atoms with Gasteiger partial charge in [0.15, 0.2) is 0 Å². The molecular formula is C5H10INOS2. The van der Waals surface area contributed by atoms with E-state index in [1.807, 2.05) is 0 Å². The zero-order valence-corrected chi connectivity index (χ0v) is 9.32. The molecule has 1 aliphatic rings. The molecule has 1 rings (SSSR count). The van der Waals surface area contributed by atoms with E-state index in [2.05, 4.69) is 38.6 Å². The maximum Gasteiger partial charge on any atom is 0.118 e. The lowest BCUT2D eigenvalue weighted by molar-refractivity contribution is 0.0999. The first-order chi connectivity index (χ1) is 4.64. The molecule has 1 heterocycles. The summed E-state index contributed by atoms with van der Waals surface area (Å²) in [5, 5.41) is 9.51. The van der Waals surface area contributed by atoms with Gasteiger partial charge in [0.1, 0.15) is 3.61 Å². The Labute approximate surface area is 83.8 Å². The topological polar surface area (TPSA) is 23.5 Å². The first-order valence-electron chi connectivity index (χ1n) is 3.12. The number of halogens is 1. The van der Waals surface area contributed by atoms with Crippen LogP contribution in [-0.2, 0) is 0 Å². The monoisotopic (exact) mass is 291 g/mol. The lowest BCUT2D eigenvalue weighted by Crippen LogP contribution is -2.36. The van der Waals surface area contributed by atoms with Gasteiger partial charge >= 0.3 is 0 Å². The number of hydrogen-bond acceptors (Lipinski definition) is 4. The van der Waals surface area contributed by atoms with Crippen LogP contribution in [0.15, 0.2) is 0 Å². The molecule has 0 amide bonds. The number of thiol groups is 1. The molecule has 0 aromatic heterocycles. The highest BCUT2D eigenvalue weighted by Crippen LogP contribution is 2.31. The van der Waals surface area contributed by atoms with Crippen LogP contribution in [0.25, 0.3) is 0 Å². The molecule has 0 atom stereocenters. The largest absolute Gasteiger partial charge is 0.380 e. The molecule has 10 heavy (non-hydrogen) atoms. The molecule has 1 saturated heterocycles. The summed E-state index contributed by atoms with van der Waals surface area (Å²) in [6.07, 6.45) is 1.70. The van der Waals surface area contributed by atoms with Crippen LogP contribution in [0.3, 0.4) is 0 Å². The van der Waals surface area contributed by atoms with Crippen LogP contribution in [0.1, 0.15) is 12.8 Å². The molecular weight excluding hydrogens is 281 g/mol. The van der Waals surface area contributed by atoms with Gasteiger partial charge in [-0.2, -0.15) is 0 Å². The van der Waals surface area contributed by atoms with E-state index < -0.39 is 3.61 Å². The van der Waals surface area contributed by atoms with Crippen molar-refractivity contribution in [2.45, 2.75) is 16.4 Å². The fourth-order valence-electron chi connectivity index (χ4n) is 0.910. The van der Waals surface area contributed by atoms with Crippen molar-refractivity contribution in [2.75, 3.05) is 13.1 Å². The molecule has 0 aliphatic carbocycles. The van der Waals surface area contributed by atoms with E-state index in [0.717, 1.165) is 25.9 Å². The second-order valence-corrected chi connectivity index (χ2v) is 5.61. The fourth-order valence-corrected chi connectivity index (χ4v) is 2.23. The predicted molar refractivity (Wildman–Crippen MR) is 56.4 cm³/mol. The van der Waals surface area contributed by atoms with Gasteiger partial charge in [0, 0.05) is 13.1 Å². The SMILES string of the molecule is OC1(I)CCN(SS)CC1. The highest BCUT2D eigenvalue weighted by Gasteiger charge is 2.28. The molecule has 0 aromatic carbocycles. The highest BCUT2D eigenvalue weighted by molar-refractivity contribution is 14.1. The van der Waals surface area contributed by atoms with Gasteiger partial charge in [-0.15, -0.1) is 0 Å². The standard InChI is InChI=1S/C5H10INOS2/c6-5(8)1-3-7(10-9)4-2-5/h8-9H,1-4H2. The van der Waals surface area contributed by atoms with Gasteiger partial charge < -0.3 is 5.11 Å². The number of alkyl halides is 1. The van der Waals surface area contributed by atoms with E-state index in [-0.39, 0.29) is 0 Å². The Bertz CT molecular complexity index is 112. The second kappa shape index (κ2) is 3.84. The van der Waals surface area contributed by atoms with E-state index in [1.165, 1.54) is 11.0 Å². The number of aliphatic hydroxyl groups is 1. The van der Waals surface area contributed by atoms with E-state index in [0.29, 0.717) is 0 Å². The third-order valence-corrected chi connectivity index (χ3v) is 3.97. The third-order valence-electron chi connectivity index (χ3n) is 1.60. The van der Waals surface area contributed by atoms with Gasteiger partial charge in [-0.1, -0.05) is 11.7 Å². The Morgan fingerprint density at radius 2 is 2.00 bits per heavy atom. The molecule has 0 radical (unpaired) electrons. The van der Waals surface area contributed by atoms with Gasteiger partial charge in [0.25, 0.3) is 0 Å². The molecule has 0 bridgehead atoms. The minimum absolute atomic E-state index is 0.461. The predicted octanol–water partition coefficient (Wildman–Crippen LogP) is 1.70. The average Bonchev–Trinajstić information content (AvgIpc) is 1.88. The van der Waals surface area contributed by atoms with Crippen LogP contribution in [0, 0.1) is 0 Å². The quantitative estimate of drug-likeness (QED) is 0.253. The van der Waals surface area contributed by atoms with Crippen molar-refractivity contribution < 1.29 is 5.11 Å². The minimum atomic E-state index is -0.461. The zero-order valence-electron chi connectivity index (χ0n) is 5.46. The van der Waals surface area contributed by atoms with Gasteiger partial charge in [0.2, 0.25) is 0 Å². The Hall–Kier alpha value is 1.35. The van der Waals surface area contributed by atoms with Crippen LogP contribution < -0.4 is 0 Å². The summed E-state index contributed by atoms with van der Waals surface area (Å²) < 4.78 is 1.69. The minimum Gasteiger partial charge on any atom is -0.380 e. The number of nitrogens with zero attached hydrogens (tertiary/aromatic N) is 1. The normalized spacial score (nSPS) is 26.7. The average molecular weight is 291 g/mol. The van der Waals surface area contributed by atoms with Gasteiger partial charge in [0.05, 0.1) is 0 Å². The zero-order chi connectivity index (χ0) is 7.61. The van der Waals surface area contributed by atoms with E-state index in [4.69, 9.17) is 0 Å². The van der Waals surface area contributed by atoms with E-state index in [1.54, 1.807) is 0 Å². The number of piperidine rings is 1. The second-order valence-electron chi connectivity index (χ2n) is 2.43. The smallest absolute Gasteiger partial charge is 0.118 e. The molecule has 2 nitrogen and oxygen atoms in total. The lowest BCUT2D eigenvalue weighted by atomic mass is 10.1. The number of hydrogen-bond donors (Lipinski definition) is 2. The highest BCUT2D eigenvalue weighted by atomic mass is 127. The summed E-state index contributed by atoms with van der Waals surface area (Å²) in [4.78, 5) is 0. The lowest BCUT2D eigenvalue weighted by Gasteiger charge is -2.32. The number of rotatable bonds is 1. The van der Waals surface area contributed by atoms with Gasteiger partial charge in [-0.05, 0) is 46.4 Å². The van der Waals surface area contributed by atoms with E-state index >= 15 is 0 Å². The van der Waals surface area contributed by atoms with Crippen LogP contribution >= 0.6 is 45.2 Å². The summed E-state index contributed by atoms with van der Waals surface area (Å²) >= 11 is 6.19. The molecule has 1 aliphatic heterocycles. The van der Waals surface area contributed by atoms with Crippen molar-refractivity contribution >= 4 is 45.2 Å². The van der Waals surface area contributed by atoms with Crippen molar-refractivity contribution in [3.8, 4) is 0 Å². The Morgan fingerprint density at radius 3 is 2.40 bits per heavy atom. The molecule has 0 spiro atoms. The molecule has 5 heteroatoms. The van der Waals surface area contributed by atoms with E-state index in [9.17, 15) is 5.11 Å². The van der Waals surface area contributed by atoms with Crippen LogP contribution in [0.5, 0.6) is 0 Å². The van der Waals surface area contributed by atoms with Crippen LogP contribution in [-0.4, -0.2) is 26.1 Å². The molecule has 0 saturated carbocycles. The summed E-state index contributed by atoms with van der Waals surface area (Å²) in [6, 6.07) is 0. The Kier molecular flexibility index (Phi) is 3.62. The molecule has 1 fully saturated rings. The summed E-state index contributed by atoms with van der Waals surface area (Å²) in [6.45, 7) is 1.88. The first-order valence-corrected chi connectivity index (χ1v) is 6.02. The molecule has 1 N–H and O–H groups in total. The third kappa shape index (κ3) is 2.77. The van der Waals surface area contributed by atoms with Gasteiger partial charge in [-0.25, -0.2) is 4.31 Å². The first kappa shape index (κ1) is 9.44. The van der Waals surface area contributed by atoms with Crippen molar-refractivity contribution in [1.29, 1.82) is 0 Å². The Morgan fingerprint density at radius 1 is 1.50 bits per heavy atom. The van der Waals surface area contributed by atoms with Crippen molar-refractivity contribution in [2.24, 2.45) is 0 Å². The molecule has 60 valence electrons. The summed E-state index contributed by atoms with van der Waals surface area (Å²) in [5.41, 5.74) is 0. The van der Waals surface area contributed by atoms with Crippen molar-refractivity contribution in [3.63, 3.8) is 0 Å². The van der Waals surface area contributed by atoms with Crippen molar-refractivity contribution in [3.05, 3.63) is 0 Å². The maximum atomic E-state index is 9.51. The van der Waals surface area contributed by atoms with Crippen LogP contribution in [0.4, 0.5) is 0 Å². The van der Waals surface area contributed by atoms with Crippen LogP contribution in [0.2, 0.25) is 0 Å². The Balaban J connectivity index is 2.31. The fraction of sp³-hybridized carbons (Fsp3) is 1.00. The molecule has 0 unspecified atom stereocenters. The summed E-state index contributed by atoms with van der Waals surface area (Å²) in [5.74, 6) is 0. The van der Waals surface area contributed by atoms with Crippen molar-refractivity contribution in [1.82, 2.24) is 4.31 Å².